The lowest BCUT2D eigenvalue weighted by Crippen LogP contribution is -2.54. The maximum Gasteiger partial charge on any atom is 0.177 e. The van der Waals surface area contributed by atoms with E-state index in [1.165, 1.54) is 4.88 Å². The van der Waals surface area contributed by atoms with Crippen molar-refractivity contribution in [2.45, 2.75) is 33.2 Å². The maximum absolute atomic E-state index is 12.4. The summed E-state index contributed by atoms with van der Waals surface area (Å²) in [7, 11) is 0. The van der Waals surface area contributed by atoms with Gasteiger partial charge in [0, 0.05) is 27.4 Å². The minimum atomic E-state index is -0.0487. The predicted octanol–water partition coefficient (Wildman–Crippen LogP) is 2.66. The Balaban J connectivity index is 2.09. The molecule has 18 heavy (non-hydrogen) atoms. The van der Waals surface area contributed by atoms with Crippen molar-refractivity contribution < 1.29 is 9.53 Å². The summed E-state index contributed by atoms with van der Waals surface area (Å²) in [6.07, 6.45) is 0. The number of thiophene rings is 1. The zero-order valence-corrected chi connectivity index (χ0v) is 12.4. The van der Waals surface area contributed by atoms with E-state index >= 15 is 0 Å². The van der Waals surface area contributed by atoms with Crippen molar-refractivity contribution in [3.63, 3.8) is 0 Å². The first-order chi connectivity index (χ1) is 8.40. The fourth-order valence-electron chi connectivity index (χ4n) is 2.35. The molecular weight excluding hydrogens is 246 g/mol. The van der Waals surface area contributed by atoms with Crippen molar-refractivity contribution in [2.24, 2.45) is 0 Å². The van der Waals surface area contributed by atoms with Gasteiger partial charge in [-0.1, -0.05) is 0 Å². The molecule has 0 spiro atoms. The van der Waals surface area contributed by atoms with Gasteiger partial charge in [0.05, 0.1) is 19.8 Å². The highest BCUT2D eigenvalue weighted by Crippen LogP contribution is 2.23. The zero-order valence-electron chi connectivity index (χ0n) is 11.6. The Morgan fingerprint density at radius 2 is 2.22 bits per heavy atom. The molecule has 0 N–H and O–H groups in total. The lowest BCUT2D eigenvalue weighted by molar-refractivity contribution is -0.0467. The molecule has 2 rings (SSSR count). The van der Waals surface area contributed by atoms with Crippen molar-refractivity contribution in [3.8, 4) is 0 Å². The van der Waals surface area contributed by atoms with Crippen LogP contribution in [0.5, 0.6) is 0 Å². The third-order valence-corrected chi connectivity index (χ3v) is 4.46. The Morgan fingerprint density at radius 3 is 2.78 bits per heavy atom. The molecule has 1 aliphatic heterocycles. The minimum Gasteiger partial charge on any atom is -0.378 e. The second-order valence-corrected chi connectivity index (χ2v) is 7.00. The molecule has 100 valence electrons. The largest absolute Gasteiger partial charge is 0.378 e. The quantitative estimate of drug-likeness (QED) is 0.789. The third-order valence-electron chi connectivity index (χ3n) is 3.49. The van der Waals surface area contributed by atoms with Crippen LogP contribution < -0.4 is 0 Å². The molecule has 0 unspecified atom stereocenters. The summed E-state index contributed by atoms with van der Waals surface area (Å²) in [5, 5.41) is 0. The molecule has 0 aliphatic carbocycles. The summed E-state index contributed by atoms with van der Waals surface area (Å²) >= 11 is 1.70. The number of ether oxygens (including phenoxy) is 1. The summed E-state index contributed by atoms with van der Waals surface area (Å²) in [5.41, 5.74) is 0.840. The molecule has 3 nitrogen and oxygen atoms in total. The Labute approximate surface area is 113 Å². The van der Waals surface area contributed by atoms with Gasteiger partial charge in [0.2, 0.25) is 0 Å². The molecule has 2 heterocycles. The lowest BCUT2D eigenvalue weighted by Gasteiger charge is -2.41. The zero-order chi connectivity index (χ0) is 13.3. The van der Waals surface area contributed by atoms with Crippen LogP contribution in [0, 0.1) is 13.8 Å². The molecule has 0 radical (unpaired) electrons. The van der Waals surface area contributed by atoms with Crippen molar-refractivity contribution in [2.75, 3.05) is 26.3 Å². The number of carbonyl (C=O) groups excluding carboxylic acids is 1. The first-order valence-corrected chi connectivity index (χ1v) is 7.15. The van der Waals surface area contributed by atoms with Crippen LogP contribution in [-0.2, 0) is 4.74 Å². The molecule has 1 saturated heterocycles. The Bertz CT molecular complexity index is 451. The van der Waals surface area contributed by atoms with Gasteiger partial charge in [-0.15, -0.1) is 11.3 Å². The standard InChI is InChI=1S/C14H21NO2S/c1-10-7-12(11(2)18-10)13(16)8-15-5-6-17-9-14(15,3)4/h7H,5-6,8-9H2,1-4H3. The summed E-state index contributed by atoms with van der Waals surface area (Å²) < 4.78 is 5.48. The SMILES string of the molecule is Cc1cc(C(=O)CN2CCOCC2(C)C)c(C)s1. The highest BCUT2D eigenvalue weighted by molar-refractivity contribution is 7.12. The van der Waals surface area contributed by atoms with Gasteiger partial charge in [-0.3, -0.25) is 9.69 Å². The number of rotatable bonds is 3. The summed E-state index contributed by atoms with van der Waals surface area (Å²) in [6.45, 7) is 11.1. The van der Waals surface area contributed by atoms with Gasteiger partial charge in [-0.2, -0.15) is 0 Å². The number of hydrogen-bond donors (Lipinski definition) is 0. The van der Waals surface area contributed by atoms with Crippen LogP contribution in [0.4, 0.5) is 0 Å². The lowest BCUT2D eigenvalue weighted by atomic mass is 10.0. The monoisotopic (exact) mass is 267 g/mol. The van der Waals surface area contributed by atoms with Gasteiger partial charge in [0.1, 0.15) is 0 Å². The fourth-order valence-corrected chi connectivity index (χ4v) is 3.29. The maximum atomic E-state index is 12.4. The molecule has 0 saturated carbocycles. The molecule has 4 heteroatoms. The van der Waals surface area contributed by atoms with E-state index in [1.807, 2.05) is 19.9 Å². The number of morpholine rings is 1. The third kappa shape index (κ3) is 2.82. The number of nitrogens with zero attached hydrogens (tertiary/aromatic N) is 1. The molecule has 0 atom stereocenters. The highest BCUT2D eigenvalue weighted by atomic mass is 32.1. The van der Waals surface area contributed by atoms with E-state index in [1.54, 1.807) is 11.3 Å². The first-order valence-electron chi connectivity index (χ1n) is 6.33. The number of ketones is 1. The number of carbonyl (C=O) groups is 1. The fraction of sp³-hybridized carbons (Fsp3) is 0.643. The molecule has 0 aromatic carbocycles. The molecule has 1 aromatic heterocycles. The number of Topliss-reactive ketones (excluding diaryl/α,β-unsaturated/α-hetero) is 1. The Kier molecular flexibility index (Phi) is 3.90. The van der Waals surface area contributed by atoms with Crippen LogP contribution >= 0.6 is 11.3 Å². The van der Waals surface area contributed by atoms with Gasteiger partial charge in [-0.05, 0) is 33.8 Å². The highest BCUT2D eigenvalue weighted by Gasteiger charge is 2.32. The molecule has 1 aromatic rings. The molecule has 1 aliphatic rings. The molecule has 1 fully saturated rings. The smallest absolute Gasteiger partial charge is 0.177 e. The van der Waals surface area contributed by atoms with Crippen LogP contribution in [0.15, 0.2) is 6.07 Å². The molecule has 0 amide bonds. The Morgan fingerprint density at radius 1 is 1.50 bits per heavy atom. The van der Waals surface area contributed by atoms with Gasteiger partial charge < -0.3 is 4.74 Å². The molecular formula is C14H21NO2S. The summed E-state index contributed by atoms with van der Waals surface area (Å²) in [4.78, 5) is 16.9. The van der Waals surface area contributed by atoms with Crippen molar-refractivity contribution >= 4 is 17.1 Å². The van der Waals surface area contributed by atoms with Crippen molar-refractivity contribution in [3.05, 3.63) is 21.4 Å². The second kappa shape index (κ2) is 5.11. The van der Waals surface area contributed by atoms with E-state index in [0.29, 0.717) is 13.2 Å². The van der Waals surface area contributed by atoms with E-state index in [0.717, 1.165) is 23.6 Å². The summed E-state index contributed by atoms with van der Waals surface area (Å²) in [6, 6.07) is 2.01. The van der Waals surface area contributed by atoms with E-state index < -0.39 is 0 Å². The normalized spacial score (nSPS) is 20.0. The van der Waals surface area contributed by atoms with Gasteiger partial charge in [-0.25, -0.2) is 0 Å². The van der Waals surface area contributed by atoms with E-state index in [9.17, 15) is 4.79 Å². The first kappa shape index (κ1) is 13.7. The second-order valence-electron chi connectivity index (χ2n) is 5.54. The van der Waals surface area contributed by atoms with Crippen molar-refractivity contribution in [1.82, 2.24) is 4.90 Å². The van der Waals surface area contributed by atoms with Gasteiger partial charge in [0.25, 0.3) is 0 Å². The van der Waals surface area contributed by atoms with Gasteiger partial charge >= 0.3 is 0 Å². The Hall–Kier alpha value is -0.710. The van der Waals surface area contributed by atoms with Crippen molar-refractivity contribution in [1.29, 1.82) is 0 Å². The summed E-state index contributed by atoms with van der Waals surface area (Å²) in [5.74, 6) is 0.229. The topological polar surface area (TPSA) is 29.5 Å². The number of aryl methyl sites for hydroxylation is 2. The average Bonchev–Trinajstić information content (AvgIpc) is 2.61. The van der Waals surface area contributed by atoms with E-state index in [-0.39, 0.29) is 11.3 Å². The minimum absolute atomic E-state index is 0.0487. The average molecular weight is 267 g/mol. The van der Waals surface area contributed by atoms with E-state index in [2.05, 4.69) is 18.7 Å². The van der Waals surface area contributed by atoms with Crippen LogP contribution in [0.3, 0.4) is 0 Å². The van der Waals surface area contributed by atoms with Crippen LogP contribution in [0.2, 0.25) is 0 Å². The van der Waals surface area contributed by atoms with E-state index in [4.69, 9.17) is 4.74 Å². The van der Waals surface area contributed by atoms with Gasteiger partial charge in [0.15, 0.2) is 5.78 Å². The predicted molar refractivity (Wildman–Crippen MR) is 74.6 cm³/mol. The van der Waals surface area contributed by atoms with Crippen LogP contribution in [0.25, 0.3) is 0 Å². The van der Waals surface area contributed by atoms with Crippen LogP contribution in [-0.4, -0.2) is 42.5 Å². The number of hydrogen-bond acceptors (Lipinski definition) is 4. The van der Waals surface area contributed by atoms with Crippen LogP contribution in [0.1, 0.15) is 34.0 Å². The molecule has 0 bridgehead atoms.